The van der Waals surface area contributed by atoms with E-state index in [9.17, 15) is 35.2 Å². The average molecular weight is 621 g/mol. The van der Waals surface area contributed by atoms with Gasteiger partial charge in [0.05, 0.1) is 28.0 Å². The number of likely N-dealkylation sites (tertiary alicyclic amines) is 1. The van der Waals surface area contributed by atoms with Gasteiger partial charge in [0.1, 0.15) is 17.4 Å². The second-order valence-electron chi connectivity index (χ2n) is 11.1. The zero-order valence-corrected chi connectivity index (χ0v) is 23.6. The molecule has 0 unspecified atom stereocenters. The van der Waals surface area contributed by atoms with Gasteiger partial charge >= 0.3 is 6.18 Å². The summed E-state index contributed by atoms with van der Waals surface area (Å²) in [5, 5.41) is -1.20. The van der Waals surface area contributed by atoms with Crippen molar-refractivity contribution >= 4 is 27.5 Å². The molecule has 6 nitrogen and oxygen atoms in total. The van der Waals surface area contributed by atoms with Crippen molar-refractivity contribution in [2.24, 2.45) is 5.92 Å². The number of halogens is 6. The first-order valence-corrected chi connectivity index (χ1v) is 15.5. The van der Waals surface area contributed by atoms with Crippen LogP contribution in [-0.2, 0) is 22.7 Å². The van der Waals surface area contributed by atoms with Crippen LogP contribution in [0.15, 0.2) is 24.3 Å². The van der Waals surface area contributed by atoms with Crippen molar-refractivity contribution in [1.29, 1.82) is 0 Å². The first-order valence-electron chi connectivity index (χ1n) is 13.6. The normalized spacial score (nSPS) is 19.2. The van der Waals surface area contributed by atoms with Gasteiger partial charge in [-0.05, 0) is 87.2 Å². The Morgan fingerprint density at radius 1 is 1.02 bits per heavy atom. The molecule has 1 N–H and O–H groups in total. The summed E-state index contributed by atoms with van der Waals surface area (Å²) in [6.45, 7) is 1.25. The van der Waals surface area contributed by atoms with Crippen LogP contribution in [0.3, 0.4) is 0 Å². The molecule has 2 aliphatic carbocycles. The van der Waals surface area contributed by atoms with Gasteiger partial charge in [0.15, 0.2) is 0 Å². The Balaban J connectivity index is 1.19. The van der Waals surface area contributed by atoms with E-state index in [2.05, 4.69) is 0 Å². The van der Waals surface area contributed by atoms with Gasteiger partial charge in [-0.2, -0.15) is 13.2 Å². The van der Waals surface area contributed by atoms with Gasteiger partial charge in [-0.1, -0.05) is 18.0 Å². The van der Waals surface area contributed by atoms with E-state index in [-0.39, 0.29) is 36.1 Å². The monoisotopic (exact) mass is 620 g/mol. The summed E-state index contributed by atoms with van der Waals surface area (Å²) in [7, 11) is -3.86. The maximum Gasteiger partial charge on any atom is 0.416 e. The molecule has 1 aliphatic heterocycles. The van der Waals surface area contributed by atoms with E-state index in [0.717, 1.165) is 31.4 Å². The fourth-order valence-electron chi connectivity index (χ4n) is 5.22. The maximum atomic E-state index is 15.0. The minimum Gasteiger partial charge on any atom is -0.493 e. The third-order valence-corrected chi connectivity index (χ3v) is 10.2. The van der Waals surface area contributed by atoms with Crippen molar-refractivity contribution in [1.82, 2.24) is 9.62 Å². The van der Waals surface area contributed by atoms with Gasteiger partial charge in [-0.15, -0.1) is 0 Å². The number of sulfonamides is 1. The van der Waals surface area contributed by atoms with Gasteiger partial charge in [0, 0.05) is 18.2 Å². The average Bonchev–Trinajstić information content (AvgIpc) is 3.69. The summed E-state index contributed by atoms with van der Waals surface area (Å²) >= 11 is 5.71. The number of ether oxygens (including phenoxy) is 1. The number of nitrogens with zero attached hydrogens (tertiary/aromatic N) is 1. The Morgan fingerprint density at radius 3 is 2.29 bits per heavy atom. The summed E-state index contributed by atoms with van der Waals surface area (Å²) in [5.74, 6) is -2.25. The van der Waals surface area contributed by atoms with Gasteiger partial charge < -0.3 is 4.74 Å². The number of carbonyl (C=O) groups is 1. The lowest BCUT2D eigenvalue weighted by Gasteiger charge is -2.32. The summed E-state index contributed by atoms with van der Waals surface area (Å²) < 4.78 is 101. The molecule has 1 heterocycles. The van der Waals surface area contributed by atoms with Crippen molar-refractivity contribution in [3.05, 3.63) is 63.2 Å². The number of benzene rings is 2. The standard InChI is InChI=1S/C28H30ClF5N2O4S/c29-23-11-19(28(32,33)34)10-18(26(23)31)14-36-8-6-16(7-9-36)15-40-25-13-24(30)22(12-21(25)17-4-5-17)27(37)35-41(38,39)20-2-1-3-20/h10-13,16-17,20H,1-9,14-15H2,(H,35,37). The molecular weight excluding hydrogens is 591 g/mol. The van der Waals surface area contributed by atoms with Crippen LogP contribution in [0.5, 0.6) is 5.75 Å². The highest BCUT2D eigenvalue weighted by molar-refractivity contribution is 7.90. The molecule has 0 aromatic heterocycles. The number of amides is 1. The second kappa shape index (κ2) is 11.7. The number of piperidine rings is 1. The Morgan fingerprint density at radius 2 is 1.71 bits per heavy atom. The zero-order chi connectivity index (χ0) is 29.5. The predicted molar refractivity (Wildman–Crippen MR) is 142 cm³/mol. The molecule has 3 fully saturated rings. The fraction of sp³-hybridized carbons (Fsp3) is 0.536. The number of nitrogens with one attached hydrogen (secondary N) is 1. The molecule has 13 heteroatoms. The SMILES string of the molecule is O=C(NS(=O)(=O)C1CCC1)c1cc(C2CC2)c(OCC2CCN(Cc3cc(C(F)(F)F)cc(Cl)c3F)CC2)cc1F. The molecule has 1 amide bonds. The van der Waals surface area contributed by atoms with Crippen molar-refractivity contribution in [2.75, 3.05) is 19.7 Å². The zero-order valence-electron chi connectivity index (χ0n) is 22.1. The molecule has 41 heavy (non-hydrogen) atoms. The molecule has 224 valence electrons. The molecule has 5 rings (SSSR count). The van der Waals surface area contributed by atoms with Crippen LogP contribution in [0.4, 0.5) is 22.0 Å². The molecule has 2 aromatic rings. The fourth-order valence-corrected chi connectivity index (χ4v) is 6.95. The molecule has 2 saturated carbocycles. The number of carbonyl (C=O) groups excluding carboxylic acids is 1. The third kappa shape index (κ3) is 6.97. The van der Waals surface area contributed by atoms with Crippen molar-refractivity contribution in [2.45, 2.75) is 68.8 Å². The summed E-state index contributed by atoms with van der Waals surface area (Å²) in [6.07, 6.45) is 0.0421. The minimum atomic E-state index is -4.63. The molecular formula is C28H30ClF5N2O4S. The van der Waals surface area contributed by atoms with Crippen LogP contribution in [0.25, 0.3) is 0 Å². The van der Waals surface area contributed by atoms with Crippen molar-refractivity contribution < 1.29 is 39.9 Å². The number of hydrogen-bond donors (Lipinski definition) is 1. The topological polar surface area (TPSA) is 75.7 Å². The number of alkyl halides is 3. The number of hydrogen-bond acceptors (Lipinski definition) is 5. The van der Waals surface area contributed by atoms with E-state index < -0.39 is 49.6 Å². The summed E-state index contributed by atoms with van der Waals surface area (Å²) in [5.41, 5.74) is -0.789. The van der Waals surface area contributed by atoms with Crippen molar-refractivity contribution in [3.63, 3.8) is 0 Å². The van der Waals surface area contributed by atoms with Crippen LogP contribution in [-0.4, -0.2) is 44.2 Å². The molecule has 1 saturated heterocycles. The van der Waals surface area contributed by atoms with Gasteiger partial charge in [-0.3, -0.25) is 9.69 Å². The van der Waals surface area contributed by atoms with Crippen LogP contribution in [0.1, 0.15) is 77.9 Å². The quantitative estimate of drug-likeness (QED) is 0.328. The Hall–Kier alpha value is -2.44. The van der Waals surface area contributed by atoms with Crippen LogP contribution < -0.4 is 9.46 Å². The highest BCUT2D eigenvalue weighted by Gasteiger charge is 2.35. The first-order chi connectivity index (χ1) is 19.3. The Labute approximate surface area is 240 Å². The van der Waals surface area contributed by atoms with E-state index in [4.69, 9.17) is 16.3 Å². The maximum absolute atomic E-state index is 15.0. The van der Waals surface area contributed by atoms with Gasteiger partial charge in [0.25, 0.3) is 5.91 Å². The Bertz CT molecular complexity index is 1420. The summed E-state index contributed by atoms with van der Waals surface area (Å²) in [4.78, 5) is 14.5. The van der Waals surface area contributed by atoms with Crippen molar-refractivity contribution in [3.8, 4) is 5.75 Å². The summed E-state index contributed by atoms with van der Waals surface area (Å²) in [6, 6.07) is 3.88. The minimum absolute atomic E-state index is 0.0138. The van der Waals surface area contributed by atoms with E-state index >= 15 is 0 Å². The molecule has 0 spiro atoms. The Kier molecular flexibility index (Phi) is 8.56. The first kappa shape index (κ1) is 30.0. The van der Waals surface area contributed by atoms with E-state index in [1.165, 1.54) is 6.07 Å². The largest absolute Gasteiger partial charge is 0.493 e. The third-order valence-electron chi connectivity index (χ3n) is 8.09. The highest BCUT2D eigenvalue weighted by Crippen LogP contribution is 2.45. The van der Waals surface area contributed by atoms with E-state index in [0.29, 0.717) is 56.2 Å². The predicted octanol–water partition coefficient (Wildman–Crippen LogP) is 6.42. The van der Waals surface area contributed by atoms with Crippen LogP contribution in [0, 0.1) is 17.6 Å². The molecule has 2 aromatic carbocycles. The lowest BCUT2D eigenvalue weighted by Crippen LogP contribution is -2.41. The van der Waals surface area contributed by atoms with Crippen LogP contribution >= 0.6 is 11.6 Å². The molecule has 3 aliphatic rings. The number of rotatable bonds is 9. The van der Waals surface area contributed by atoms with Gasteiger partial charge in [0.2, 0.25) is 10.0 Å². The van der Waals surface area contributed by atoms with Gasteiger partial charge in [-0.25, -0.2) is 21.9 Å². The van der Waals surface area contributed by atoms with E-state index in [1.54, 1.807) is 0 Å². The lowest BCUT2D eigenvalue weighted by atomic mass is 9.97. The lowest BCUT2D eigenvalue weighted by molar-refractivity contribution is -0.137. The smallest absolute Gasteiger partial charge is 0.416 e. The van der Waals surface area contributed by atoms with E-state index in [1.807, 2.05) is 9.62 Å². The molecule has 0 radical (unpaired) electrons. The molecule has 0 bridgehead atoms. The molecule has 0 atom stereocenters. The second-order valence-corrected chi connectivity index (χ2v) is 13.5. The highest BCUT2D eigenvalue weighted by atomic mass is 35.5. The van der Waals surface area contributed by atoms with Crippen LogP contribution in [0.2, 0.25) is 5.02 Å².